The van der Waals surface area contributed by atoms with Crippen LogP contribution in [0.15, 0.2) is 53.7 Å². The number of aryl methyl sites for hydroxylation is 1. The van der Waals surface area contributed by atoms with Crippen LogP contribution < -0.4 is 14.8 Å². The third-order valence-electron chi connectivity index (χ3n) is 4.50. The second-order valence-corrected chi connectivity index (χ2v) is 8.84. The summed E-state index contributed by atoms with van der Waals surface area (Å²) < 4.78 is 10.5. The number of nitrogens with one attached hydrogen (secondary N) is 1. The molecule has 0 unspecified atom stereocenters. The number of amides is 1. The van der Waals surface area contributed by atoms with Gasteiger partial charge < -0.3 is 9.47 Å². The molecule has 2 aromatic carbocycles. The second-order valence-electron chi connectivity index (χ2n) is 6.71. The Morgan fingerprint density at radius 2 is 1.48 bits per heavy atom. The van der Waals surface area contributed by atoms with Crippen LogP contribution in [-0.4, -0.2) is 51.3 Å². The monoisotopic (exact) mass is 480 g/mol. The number of aromatic nitrogens is 5. The lowest BCUT2D eigenvalue weighted by Gasteiger charge is -2.10. The summed E-state index contributed by atoms with van der Waals surface area (Å²) in [5.74, 6) is 1.38. The lowest BCUT2D eigenvalue weighted by molar-refractivity contribution is -0.113. The highest BCUT2D eigenvalue weighted by atomic mass is 32.2. The number of ether oxygens (including phenoxy) is 2. The first-order chi connectivity index (χ1) is 16.1. The van der Waals surface area contributed by atoms with Crippen molar-refractivity contribution in [2.24, 2.45) is 0 Å². The summed E-state index contributed by atoms with van der Waals surface area (Å²) in [6.07, 6.45) is 0. The molecule has 168 valence electrons. The van der Waals surface area contributed by atoms with E-state index < -0.39 is 0 Å². The predicted octanol–water partition coefficient (Wildman–Crippen LogP) is 4.11. The molecule has 1 amide bonds. The number of methoxy groups -OCH3 is 2. The number of hydrogen-bond acceptors (Lipinski definition) is 10. The fourth-order valence-electron chi connectivity index (χ4n) is 2.90. The molecule has 0 spiro atoms. The average molecular weight is 481 g/mol. The van der Waals surface area contributed by atoms with E-state index in [1.54, 1.807) is 14.2 Å². The Labute approximate surface area is 198 Å². The van der Waals surface area contributed by atoms with Crippen molar-refractivity contribution in [2.45, 2.75) is 12.1 Å². The molecular formula is C22H20N6O3S2. The maximum absolute atomic E-state index is 12.3. The number of anilines is 1. The van der Waals surface area contributed by atoms with Crippen molar-refractivity contribution in [3.63, 3.8) is 0 Å². The highest BCUT2D eigenvalue weighted by molar-refractivity contribution is 7.99. The number of benzene rings is 2. The molecule has 0 atom stereocenters. The molecular weight excluding hydrogens is 460 g/mol. The number of carbonyl (C=O) groups is 1. The van der Waals surface area contributed by atoms with E-state index in [1.165, 1.54) is 23.1 Å². The predicted molar refractivity (Wildman–Crippen MR) is 128 cm³/mol. The van der Waals surface area contributed by atoms with Crippen molar-refractivity contribution in [1.82, 2.24) is 25.4 Å². The summed E-state index contributed by atoms with van der Waals surface area (Å²) in [6, 6.07) is 15.1. The average Bonchev–Trinajstić information content (AvgIpc) is 3.27. The Morgan fingerprint density at radius 3 is 2.03 bits per heavy atom. The van der Waals surface area contributed by atoms with Gasteiger partial charge in [-0.25, -0.2) is 4.98 Å². The van der Waals surface area contributed by atoms with E-state index in [0.29, 0.717) is 21.7 Å². The van der Waals surface area contributed by atoms with Gasteiger partial charge in [-0.3, -0.25) is 10.1 Å². The van der Waals surface area contributed by atoms with Crippen LogP contribution in [0.2, 0.25) is 0 Å². The van der Waals surface area contributed by atoms with Gasteiger partial charge in [0.05, 0.1) is 20.0 Å². The number of carbonyl (C=O) groups excluding carboxylic acids is 1. The molecule has 0 radical (unpaired) electrons. The van der Waals surface area contributed by atoms with Gasteiger partial charge in [-0.05, 0) is 55.5 Å². The number of thioether (sulfide) groups is 1. The van der Waals surface area contributed by atoms with Gasteiger partial charge in [0, 0.05) is 11.1 Å². The standard InChI is InChI=1S/C22H20N6O3S2/c1-13-25-28-22(33-13)23-18(29)12-32-21-24-19(14-4-8-16(30-2)9-5-14)20(26-27-21)15-6-10-17(31-3)11-7-15/h4-11H,12H2,1-3H3,(H,23,28,29). The summed E-state index contributed by atoms with van der Waals surface area (Å²) in [6.45, 7) is 1.83. The quantitative estimate of drug-likeness (QED) is 0.372. The largest absolute Gasteiger partial charge is 0.497 e. The molecule has 2 heterocycles. The Bertz CT molecular complexity index is 1250. The van der Waals surface area contributed by atoms with Gasteiger partial charge in [0.15, 0.2) is 0 Å². The van der Waals surface area contributed by atoms with Crippen molar-refractivity contribution in [3.8, 4) is 34.0 Å². The normalized spacial score (nSPS) is 10.6. The van der Waals surface area contributed by atoms with Crippen LogP contribution in [-0.2, 0) is 4.79 Å². The summed E-state index contributed by atoms with van der Waals surface area (Å²) in [4.78, 5) is 17.0. The van der Waals surface area contributed by atoms with Gasteiger partial charge in [-0.2, -0.15) is 0 Å². The van der Waals surface area contributed by atoms with Crippen LogP contribution >= 0.6 is 23.1 Å². The van der Waals surface area contributed by atoms with E-state index in [1.807, 2.05) is 55.5 Å². The first kappa shape index (κ1) is 22.6. The van der Waals surface area contributed by atoms with Gasteiger partial charge >= 0.3 is 0 Å². The molecule has 0 bridgehead atoms. The zero-order valence-corrected chi connectivity index (χ0v) is 19.7. The SMILES string of the molecule is COc1ccc(-c2nnc(SCC(=O)Nc3nnc(C)s3)nc2-c2ccc(OC)cc2)cc1. The molecule has 0 aliphatic rings. The van der Waals surface area contributed by atoms with Crippen LogP contribution in [0.25, 0.3) is 22.5 Å². The third-order valence-corrected chi connectivity index (χ3v) is 6.09. The molecule has 1 N–H and O–H groups in total. The first-order valence-corrected chi connectivity index (χ1v) is 11.6. The molecule has 4 aromatic rings. The van der Waals surface area contributed by atoms with Crippen LogP contribution in [0, 0.1) is 6.92 Å². The van der Waals surface area contributed by atoms with Gasteiger partial charge in [-0.15, -0.1) is 20.4 Å². The molecule has 2 aromatic heterocycles. The van der Waals surface area contributed by atoms with Gasteiger partial charge in [0.1, 0.15) is 27.9 Å². The van der Waals surface area contributed by atoms with Crippen LogP contribution in [0.5, 0.6) is 11.5 Å². The lowest BCUT2D eigenvalue weighted by atomic mass is 10.0. The minimum Gasteiger partial charge on any atom is -0.497 e. The summed E-state index contributed by atoms with van der Waals surface area (Å²) in [5.41, 5.74) is 2.98. The van der Waals surface area contributed by atoms with Crippen molar-refractivity contribution in [2.75, 3.05) is 25.3 Å². The molecule has 0 aliphatic heterocycles. The topological polar surface area (TPSA) is 112 Å². The fourth-order valence-corrected chi connectivity index (χ4v) is 4.09. The van der Waals surface area contributed by atoms with Crippen molar-refractivity contribution < 1.29 is 14.3 Å². The van der Waals surface area contributed by atoms with Gasteiger partial charge in [-0.1, -0.05) is 23.1 Å². The number of hydrogen-bond donors (Lipinski definition) is 1. The minimum atomic E-state index is -0.218. The summed E-state index contributed by atoms with van der Waals surface area (Å²) >= 11 is 2.51. The van der Waals surface area contributed by atoms with Crippen molar-refractivity contribution in [3.05, 3.63) is 53.5 Å². The van der Waals surface area contributed by atoms with Crippen LogP contribution in [0.3, 0.4) is 0 Å². The minimum absolute atomic E-state index is 0.115. The van der Waals surface area contributed by atoms with E-state index >= 15 is 0 Å². The summed E-state index contributed by atoms with van der Waals surface area (Å²) in [7, 11) is 3.24. The Morgan fingerprint density at radius 1 is 0.879 bits per heavy atom. The zero-order chi connectivity index (χ0) is 23.2. The zero-order valence-electron chi connectivity index (χ0n) is 18.1. The Balaban J connectivity index is 1.60. The fraction of sp³-hybridized carbons (Fsp3) is 0.182. The van der Waals surface area contributed by atoms with E-state index in [4.69, 9.17) is 14.5 Å². The lowest BCUT2D eigenvalue weighted by Crippen LogP contribution is -2.14. The molecule has 33 heavy (non-hydrogen) atoms. The van der Waals surface area contributed by atoms with Gasteiger partial charge in [0.25, 0.3) is 0 Å². The van der Waals surface area contributed by atoms with Crippen molar-refractivity contribution >= 4 is 34.1 Å². The highest BCUT2D eigenvalue weighted by Gasteiger charge is 2.16. The van der Waals surface area contributed by atoms with Gasteiger partial charge in [0.2, 0.25) is 16.2 Å². The first-order valence-electron chi connectivity index (χ1n) is 9.82. The molecule has 0 saturated heterocycles. The third kappa shape index (κ3) is 5.62. The number of nitrogens with zero attached hydrogens (tertiary/aromatic N) is 5. The Kier molecular flexibility index (Phi) is 7.10. The molecule has 4 rings (SSSR count). The van der Waals surface area contributed by atoms with Crippen molar-refractivity contribution in [1.29, 1.82) is 0 Å². The second kappa shape index (κ2) is 10.4. The van der Waals surface area contributed by atoms with E-state index in [2.05, 4.69) is 25.7 Å². The van der Waals surface area contributed by atoms with Crippen LogP contribution in [0.4, 0.5) is 5.13 Å². The molecule has 0 aliphatic carbocycles. The maximum atomic E-state index is 12.3. The molecule has 11 heteroatoms. The summed E-state index contributed by atoms with van der Waals surface area (Å²) in [5, 5.41) is 20.8. The van der Waals surface area contributed by atoms with E-state index in [9.17, 15) is 4.79 Å². The maximum Gasteiger partial charge on any atom is 0.236 e. The molecule has 0 fully saturated rings. The van der Waals surface area contributed by atoms with Crippen LogP contribution in [0.1, 0.15) is 5.01 Å². The van der Waals surface area contributed by atoms with E-state index in [0.717, 1.165) is 27.6 Å². The molecule has 0 saturated carbocycles. The Hall–Kier alpha value is -3.57. The smallest absolute Gasteiger partial charge is 0.236 e. The number of rotatable bonds is 8. The molecule has 9 nitrogen and oxygen atoms in total. The highest BCUT2D eigenvalue weighted by Crippen LogP contribution is 2.31. The van der Waals surface area contributed by atoms with E-state index in [-0.39, 0.29) is 11.7 Å².